The highest BCUT2D eigenvalue weighted by Gasteiger charge is 2.25. The van der Waals surface area contributed by atoms with Gasteiger partial charge in [-0.05, 0) is 55.7 Å². The Morgan fingerprint density at radius 1 is 1.10 bits per heavy atom. The lowest BCUT2D eigenvalue weighted by atomic mass is 10.1. The third-order valence-electron chi connectivity index (χ3n) is 5.17. The number of hydrogen-bond donors (Lipinski definition) is 2. The molecule has 1 fully saturated rings. The number of benzene rings is 2. The standard InChI is InChI=1S/C22H21FN6O/c23-15-7-9-17(10-8-15)27-20-19-22(26-13-25-20)29(18-6-1-2-11-30-18)21(28-19)14-4-3-5-16(24)12-14/h3-5,7-10,12-13,18H,1-2,6,11,24H2,(H,25,26,27). The monoisotopic (exact) mass is 404 g/mol. The van der Waals surface area contributed by atoms with Gasteiger partial charge in [0.1, 0.15) is 24.2 Å². The van der Waals surface area contributed by atoms with Crippen molar-refractivity contribution in [2.45, 2.75) is 25.5 Å². The number of nitrogens with zero attached hydrogens (tertiary/aromatic N) is 4. The fourth-order valence-electron chi connectivity index (χ4n) is 3.75. The predicted octanol–water partition coefficient (Wildman–Crippen LogP) is 4.66. The molecule has 0 spiro atoms. The van der Waals surface area contributed by atoms with Crippen molar-refractivity contribution in [2.75, 3.05) is 17.7 Å². The summed E-state index contributed by atoms with van der Waals surface area (Å²) in [6.07, 6.45) is 4.34. The molecular formula is C22H21FN6O. The van der Waals surface area contributed by atoms with Crippen LogP contribution in [0, 0.1) is 5.82 Å². The predicted molar refractivity (Wildman–Crippen MR) is 114 cm³/mol. The molecule has 3 heterocycles. The molecule has 30 heavy (non-hydrogen) atoms. The minimum absolute atomic E-state index is 0.159. The van der Waals surface area contributed by atoms with Gasteiger partial charge in [0.2, 0.25) is 0 Å². The first-order valence-corrected chi connectivity index (χ1v) is 9.92. The highest BCUT2D eigenvalue weighted by molar-refractivity contribution is 5.88. The Labute approximate surface area is 172 Å². The lowest BCUT2D eigenvalue weighted by Crippen LogP contribution is -2.19. The molecule has 5 rings (SSSR count). The summed E-state index contributed by atoms with van der Waals surface area (Å²) in [6, 6.07) is 13.7. The van der Waals surface area contributed by atoms with Gasteiger partial charge in [-0.25, -0.2) is 19.3 Å². The van der Waals surface area contributed by atoms with E-state index in [-0.39, 0.29) is 12.0 Å². The molecule has 0 radical (unpaired) electrons. The smallest absolute Gasteiger partial charge is 0.168 e. The van der Waals surface area contributed by atoms with Crippen molar-refractivity contribution >= 4 is 28.4 Å². The maximum atomic E-state index is 13.3. The normalized spacial score (nSPS) is 16.6. The van der Waals surface area contributed by atoms with Crippen molar-refractivity contribution in [3.63, 3.8) is 0 Å². The molecule has 2 aromatic carbocycles. The fraction of sp³-hybridized carbons (Fsp3) is 0.227. The highest BCUT2D eigenvalue weighted by atomic mass is 19.1. The average Bonchev–Trinajstić information content (AvgIpc) is 3.17. The molecule has 1 saturated heterocycles. The fourth-order valence-corrected chi connectivity index (χ4v) is 3.75. The Morgan fingerprint density at radius 2 is 1.97 bits per heavy atom. The minimum Gasteiger partial charge on any atom is -0.399 e. The Morgan fingerprint density at radius 3 is 2.73 bits per heavy atom. The lowest BCUT2D eigenvalue weighted by Gasteiger charge is -2.25. The van der Waals surface area contributed by atoms with E-state index < -0.39 is 0 Å². The van der Waals surface area contributed by atoms with Gasteiger partial charge in [0.05, 0.1) is 0 Å². The number of aromatic nitrogens is 4. The van der Waals surface area contributed by atoms with E-state index in [9.17, 15) is 4.39 Å². The molecular weight excluding hydrogens is 383 g/mol. The molecule has 8 heteroatoms. The number of ether oxygens (including phenoxy) is 1. The van der Waals surface area contributed by atoms with E-state index in [0.717, 1.165) is 30.7 Å². The van der Waals surface area contributed by atoms with Crippen molar-refractivity contribution in [3.05, 3.63) is 60.7 Å². The van der Waals surface area contributed by atoms with Crippen molar-refractivity contribution in [2.24, 2.45) is 0 Å². The van der Waals surface area contributed by atoms with E-state index in [0.29, 0.717) is 35.0 Å². The first kappa shape index (κ1) is 18.5. The summed E-state index contributed by atoms with van der Waals surface area (Å²) in [6.45, 7) is 0.701. The van der Waals surface area contributed by atoms with Crippen LogP contribution in [0.5, 0.6) is 0 Å². The van der Waals surface area contributed by atoms with Crippen LogP contribution >= 0.6 is 0 Å². The third-order valence-corrected chi connectivity index (χ3v) is 5.17. The summed E-state index contributed by atoms with van der Waals surface area (Å²) in [4.78, 5) is 13.8. The molecule has 0 saturated carbocycles. The van der Waals surface area contributed by atoms with Crippen LogP contribution < -0.4 is 11.1 Å². The van der Waals surface area contributed by atoms with E-state index in [2.05, 4.69) is 15.3 Å². The zero-order valence-corrected chi connectivity index (χ0v) is 16.3. The molecule has 1 aliphatic heterocycles. The minimum atomic E-state index is -0.295. The molecule has 0 aliphatic carbocycles. The van der Waals surface area contributed by atoms with E-state index in [1.165, 1.54) is 18.5 Å². The Kier molecular flexibility index (Phi) is 4.76. The molecule has 0 bridgehead atoms. The van der Waals surface area contributed by atoms with Crippen LogP contribution in [0.2, 0.25) is 0 Å². The number of anilines is 3. The van der Waals surface area contributed by atoms with Gasteiger partial charge >= 0.3 is 0 Å². The van der Waals surface area contributed by atoms with Crippen molar-refractivity contribution in [1.82, 2.24) is 19.5 Å². The lowest BCUT2D eigenvalue weighted by molar-refractivity contribution is -0.0287. The van der Waals surface area contributed by atoms with E-state index in [4.69, 9.17) is 15.5 Å². The van der Waals surface area contributed by atoms with Crippen LogP contribution in [-0.4, -0.2) is 26.1 Å². The molecule has 7 nitrogen and oxygen atoms in total. The maximum Gasteiger partial charge on any atom is 0.168 e. The zero-order valence-electron chi connectivity index (χ0n) is 16.3. The number of imidazole rings is 1. The second-order valence-corrected chi connectivity index (χ2v) is 7.28. The Bertz CT molecular complexity index is 1180. The second-order valence-electron chi connectivity index (χ2n) is 7.28. The van der Waals surface area contributed by atoms with Gasteiger partial charge in [-0.2, -0.15) is 0 Å². The molecule has 2 aromatic heterocycles. The van der Waals surface area contributed by atoms with E-state index in [1.54, 1.807) is 12.1 Å². The van der Waals surface area contributed by atoms with Crippen LogP contribution in [0.1, 0.15) is 25.5 Å². The number of nitrogens with two attached hydrogens (primary N) is 1. The van der Waals surface area contributed by atoms with E-state index >= 15 is 0 Å². The SMILES string of the molecule is Nc1cccc(-c2nc3c(Nc4ccc(F)cc4)ncnc3n2C2CCCCO2)c1. The molecule has 152 valence electrons. The number of rotatable bonds is 4. The number of fused-ring (bicyclic) bond motifs is 1. The third kappa shape index (κ3) is 3.46. The number of nitrogens with one attached hydrogen (secondary N) is 1. The number of hydrogen-bond acceptors (Lipinski definition) is 6. The summed E-state index contributed by atoms with van der Waals surface area (Å²) in [5, 5.41) is 3.22. The molecule has 1 atom stereocenters. The van der Waals surface area contributed by atoms with Gasteiger partial charge in [-0.1, -0.05) is 12.1 Å². The summed E-state index contributed by atoms with van der Waals surface area (Å²) in [7, 11) is 0. The van der Waals surface area contributed by atoms with Crippen LogP contribution in [0.3, 0.4) is 0 Å². The first-order chi connectivity index (χ1) is 14.7. The van der Waals surface area contributed by atoms with Crippen molar-refractivity contribution in [3.8, 4) is 11.4 Å². The van der Waals surface area contributed by atoms with Crippen LogP contribution in [-0.2, 0) is 4.74 Å². The average molecular weight is 404 g/mol. The Hall–Kier alpha value is -3.52. The molecule has 3 N–H and O–H groups in total. The van der Waals surface area contributed by atoms with Crippen molar-refractivity contribution in [1.29, 1.82) is 0 Å². The van der Waals surface area contributed by atoms with Gasteiger partial charge in [0.25, 0.3) is 0 Å². The number of halogens is 1. The van der Waals surface area contributed by atoms with E-state index in [1.807, 2.05) is 28.8 Å². The Balaban J connectivity index is 1.66. The molecule has 4 aromatic rings. The van der Waals surface area contributed by atoms with Gasteiger partial charge < -0.3 is 15.8 Å². The van der Waals surface area contributed by atoms with Gasteiger partial charge in [-0.3, -0.25) is 4.57 Å². The summed E-state index contributed by atoms with van der Waals surface area (Å²) < 4.78 is 21.4. The summed E-state index contributed by atoms with van der Waals surface area (Å²) in [5.41, 5.74) is 9.58. The summed E-state index contributed by atoms with van der Waals surface area (Å²) in [5.74, 6) is 0.981. The van der Waals surface area contributed by atoms with Crippen LogP contribution in [0.15, 0.2) is 54.9 Å². The van der Waals surface area contributed by atoms with Crippen LogP contribution in [0.4, 0.5) is 21.6 Å². The number of nitrogen functional groups attached to an aromatic ring is 1. The zero-order chi connectivity index (χ0) is 20.5. The van der Waals surface area contributed by atoms with Gasteiger partial charge in [-0.15, -0.1) is 0 Å². The van der Waals surface area contributed by atoms with Crippen LogP contribution in [0.25, 0.3) is 22.6 Å². The topological polar surface area (TPSA) is 90.9 Å². The second kappa shape index (κ2) is 7.72. The van der Waals surface area contributed by atoms with Crippen molar-refractivity contribution < 1.29 is 9.13 Å². The quantitative estimate of drug-likeness (QED) is 0.481. The molecule has 1 unspecified atom stereocenters. The highest BCUT2D eigenvalue weighted by Crippen LogP contribution is 2.35. The molecule has 0 amide bonds. The van der Waals surface area contributed by atoms with Gasteiger partial charge in [0.15, 0.2) is 17.0 Å². The maximum absolute atomic E-state index is 13.3. The first-order valence-electron chi connectivity index (χ1n) is 9.92. The summed E-state index contributed by atoms with van der Waals surface area (Å²) >= 11 is 0. The molecule has 1 aliphatic rings. The largest absolute Gasteiger partial charge is 0.399 e. The van der Waals surface area contributed by atoms with Gasteiger partial charge in [0, 0.05) is 23.5 Å².